The van der Waals surface area contributed by atoms with Gasteiger partial charge in [0.05, 0.1) is 11.5 Å². The van der Waals surface area contributed by atoms with Crippen molar-refractivity contribution in [1.82, 2.24) is 0 Å². The lowest BCUT2D eigenvalue weighted by Gasteiger charge is -2.19. The van der Waals surface area contributed by atoms with Gasteiger partial charge in [0.25, 0.3) is 5.69 Å². The van der Waals surface area contributed by atoms with Crippen molar-refractivity contribution in [3.63, 3.8) is 0 Å². The molecule has 1 saturated heterocycles. The minimum absolute atomic E-state index is 0.0926. The molecular formula is C13H18N2O7. The number of nitro groups is 1. The molecule has 9 heteroatoms. The number of hydrogen-bond acceptors (Lipinski definition) is 8. The molecule has 9 nitrogen and oxygen atoms in total. The van der Waals surface area contributed by atoms with Gasteiger partial charge in [0.1, 0.15) is 24.4 Å². The summed E-state index contributed by atoms with van der Waals surface area (Å²) in [7, 11) is 0. The number of nitro benzene ring substituents is 1. The largest absolute Gasteiger partial charge is 0.394 e. The molecule has 5 atom stereocenters. The topological polar surface area (TPSA) is 145 Å². The van der Waals surface area contributed by atoms with E-state index in [0.717, 1.165) is 0 Å². The monoisotopic (exact) mass is 314 g/mol. The Bertz CT molecular complexity index is 553. The van der Waals surface area contributed by atoms with E-state index in [-0.39, 0.29) is 5.69 Å². The molecule has 1 aromatic carbocycles. The summed E-state index contributed by atoms with van der Waals surface area (Å²) in [4.78, 5) is 10.4. The Balaban J connectivity index is 2.14. The second-order valence-corrected chi connectivity index (χ2v) is 5.16. The number of anilines is 1. The van der Waals surface area contributed by atoms with Crippen molar-refractivity contribution in [2.24, 2.45) is 0 Å². The highest BCUT2D eigenvalue weighted by Crippen LogP contribution is 2.28. The molecule has 0 bridgehead atoms. The second kappa shape index (κ2) is 6.55. The Labute approximate surface area is 125 Å². The summed E-state index contributed by atoms with van der Waals surface area (Å²) >= 11 is 0. The van der Waals surface area contributed by atoms with Crippen molar-refractivity contribution in [1.29, 1.82) is 0 Å². The fraction of sp³-hybridized carbons (Fsp3) is 0.538. The van der Waals surface area contributed by atoms with Crippen LogP contribution in [0.1, 0.15) is 5.56 Å². The molecule has 0 spiro atoms. The number of benzene rings is 1. The highest BCUT2D eigenvalue weighted by molar-refractivity contribution is 5.55. The van der Waals surface area contributed by atoms with Crippen LogP contribution in [0.5, 0.6) is 0 Å². The number of aliphatic hydroxyl groups excluding tert-OH is 4. The van der Waals surface area contributed by atoms with Crippen LogP contribution in [0.15, 0.2) is 18.2 Å². The van der Waals surface area contributed by atoms with E-state index in [2.05, 4.69) is 5.32 Å². The average Bonchev–Trinajstić information content (AvgIpc) is 2.76. The Hall–Kier alpha value is -1.78. The predicted octanol–water partition coefficient (Wildman–Crippen LogP) is -0.885. The standard InChI is InChI=1S/C13H18N2O7/c1-6-2-3-7(4-8(6)15(20)21)14-13-11(19)10(18)12(22-13)9(17)5-16/h2-4,9-14,16-19H,5H2,1H3/t9-,10-,11-,12-,13+/m0/s1. The molecule has 1 aromatic rings. The minimum Gasteiger partial charge on any atom is -0.394 e. The molecule has 0 saturated carbocycles. The van der Waals surface area contributed by atoms with Crippen LogP contribution in [0.4, 0.5) is 11.4 Å². The Morgan fingerprint density at radius 1 is 1.41 bits per heavy atom. The molecule has 1 aliphatic heterocycles. The Kier molecular flexibility index (Phi) is 4.94. The van der Waals surface area contributed by atoms with Crippen LogP contribution in [0.2, 0.25) is 0 Å². The number of aliphatic hydroxyl groups is 4. The van der Waals surface area contributed by atoms with E-state index in [0.29, 0.717) is 11.3 Å². The minimum atomic E-state index is -1.39. The smallest absolute Gasteiger partial charge is 0.274 e. The first kappa shape index (κ1) is 16.6. The summed E-state index contributed by atoms with van der Waals surface area (Å²) in [6.45, 7) is 0.970. The summed E-state index contributed by atoms with van der Waals surface area (Å²) in [6, 6.07) is 4.40. The van der Waals surface area contributed by atoms with Crippen molar-refractivity contribution in [2.75, 3.05) is 11.9 Å². The van der Waals surface area contributed by atoms with Crippen LogP contribution in [0, 0.1) is 17.0 Å². The van der Waals surface area contributed by atoms with Gasteiger partial charge >= 0.3 is 0 Å². The van der Waals surface area contributed by atoms with Crippen molar-refractivity contribution in [3.8, 4) is 0 Å². The maximum absolute atomic E-state index is 10.9. The summed E-state index contributed by atoms with van der Waals surface area (Å²) in [6.07, 6.45) is -6.31. The molecule has 0 unspecified atom stereocenters. The van der Waals surface area contributed by atoms with Crippen LogP contribution in [-0.2, 0) is 4.74 Å². The van der Waals surface area contributed by atoms with Crippen molar-refractivity contribution in [3.05, 3.63) is 33.9 Å². The molecule has 122 valence electrons. The fourth-order valence-corrected chi connectivity index (χ4v) is 2.31. The summed E-state index contributed by atoms with van der Waals surface area (Å²) in [5.41, 5.74) is 0.717. The highest BCUT2D eigenvalue weighted by atomic mass is 16.6. The zero-order valence-electron chi connectivity index (χ0n) is 11.8. The van der Waals surface area contributed by atoms with Gasteiger partial charge in [0.15, 0.2) is 6.23 Å². The predicted molar refractivity (Wildman–Crippen MR) is 75.2 cm³/mol. The number of ether oxygens (including phenoxy) is 1. The number of nitrogens with one attached hydrogen (secondary N) is 1. The van der Waals surface area contributed by atoms with E-state index in [9.17, 15) is 25.4 Å². The van der Waals surface area contributed by atoms with E-state index >= 15 is 0 Å². The maximum Gasteiger partial charge on any atom is 0.274 e. The summed E-state index contributed by atoms with van der Waals surface area (Å²) < 4.78 is 5.28. The molecule has 1 aliphatic rings. The van der Waals surface area contributed by atoms with Gasteiger partial charge in [-0.25, -0.2) is 0 Å². The van der Waals surface area contributed by atoms with Gasteiger partial charge in [-0.2, -0.15) is 0 Å². The van der Waals surface area contributed by atoms with Crippen molar-refractivity contribution < 1.29 is 30.1 Å². The molecule has 0 radical (unpaired) electrons. The summed E-state index contributed by atoms with van der Waals surface area (Å²) in [5.74, 6) is 0. The lowest BCUT2D eigenvalue weighted by atomic mass is 10.1. The van der Waals surface area contributed by atoms with Gasteiger partial charge in [0.2, 0.25) is 0 Å². The fourth-order valence-electron chi connectivity index (χ4n) is 2.31. The van der Waals surface area contributed by atoms with Gasteiger partial charge < -0.3 is 30.5 Å². The molecule has 1 heterocycles. The zero-order valence-corrected chi connectivity index (χ0v) is 11.8. The highest BCUT2D eigenvalue weighted by Gasteiger charge is 2.45. The van der Waals surface area contributed by atoms with E-state index < -0.39 is 42.2 Å². The normalized spacial score (nSPS) is 29.3. The Morgan fingerprint density at radius 2 is 2.09 bits per heavy atom. The first-order valence-electron chi connectivity index (χ1n) is 6.67. The number of rotatable bonds is 5. The van der Waals surface area contributed by atoms with Crippen LogP contribution >= 0.6 is 0 Å². The molecule has 0 aromatic heterocycles. The van der Waals surface area contributed by atoms with Gasteiger partial charge in [0, 0.05) is 17.3 Å². The molecular weight excluding hydrogens is 296 g/mol. The Morgan fingerprint density at radius 3 is 2.68 bits per heavy atom. The zero-order chi connectivity index (χ0) is 16.4. The third kappa shape index (κ3) is 3.18. The van der Waals surface area contributed by atoms with Gasteiger partial charge in [-0.05, 0) is 13.0 Å². The van der Waals surface area contributed by atoms with E-state index in [1.54, 1.807) is 13.0 Å². The molecule has 2 rings (SSSR count). The lowest BCUT2D eigenvalue weighted by molar-refractivity contribution is -0.385. The first-order chi connectivity index (χ1) is 10.3. The number of aryl methyl sites for hydroxylation is 1. The lowest BCUT2D eigenvalue weighted by Crippen LogP contribution is -2.40. The van der Waals surface area contributed by atoms with Crippen molar-refractivity contribution >= 4 is 11.4 Å². The third-order valence-electron chi connectivity index (χ3n) is 3.58. The second-order valence-electron chi connectivity index (χ2n) is 5.16. The molecule has 0 aliphatic carbocycles. The van der Waals surface area contributed by atoms with Crippen molar-refractivity contribution in [2.45, 2.75) is 37.6 Å². The summed E-state index contributed by atoms with van der Waals surface area (Å²) in [5, 5.41) is 51.7. The van der Waals surface area contributed by atoms with E-state index in [1.807, 2.05) is 0 Å². The molecule has 5 N–H and O–H groups in total. The first-order valence-corrected chi connectivity index (χ1v) is 6.67. The average molecular weight is 314 g/mol. The third-order valence-corrected chi connectivity index (χ3v) is 3.58. The number of nitrogens with zero attached hydrogens (tertiary/aromatic N) is 1. The molecule has 22 heavy (non-hydrogen) atoms. The van der Waals surface area contributed by atoms with Gasteiger partial charge in [-0.1, -0.05) is 6.07 Å². The SMILES string of the molecule is Cc1ccc(N[C@@H]2O[C@@H]([C@@H](O)CO)[C@@H](O)[C@@H]2O)cc1[N+](=O)[O-]. The van der Waals surface area contributed by atoms with Crippen LogP contribution < -0.4 is 5.32 Å². The molecule has 1 fully saturated rings. The van der Waals surface area contributed by atoms with Gasteiger partial charge in [-0.3, -0.25) is 10.1 Å². The van der Waals surface area contributed by atoms with Gasteiger partial charge in [-0.15, -0.1) is 0 Å². The van der Waals surface area contributed by atoms with E-state index in [1.165, 1.54) is 12.1 Å². The molecule has 0 amide bonds. The van der Waals surface area contributed by atoms with Crippen LogP contribution in [0.3, 0.4) is 0 Å². The van der Waals surface area contributed by atoms with Crippen LogP contribution in [-0.4, -0.2) is 62.6 Å². The quantitative estimate of drug-likeness (QED) is 0.348. The number of hydrogen-bond donors (Lipinski definition) is 5. The van der Waals surface area contributed by atoms with Crippen LogP contribution in [0.25, 0.3) is 0 Å². The van der Waals surface area contributed by atoms with E-state index in [4.69, 9.17) is 9.84 Å². The maximum atomic E-state index is 10.9.